The standard InChI is InChI=1S/C30H22N2O5/c1-17-3-9-21(10-4-17)37-22-11-7-20(8-12-22)32-29(35)24-14-6-19(16-26(24)30(32)36)18-5-13-23-25(15-18)28(34)31(2)27(23)33/h3-16,24,26H,1-2H3. The summed E-state index contributed by atoms with van der Waals surface area (Å²) in [5.41, 5.74) is 3.75. The van der Waals surface area contributed by atoms with Crippen LogP contribution in [0.3, 0.4) is 0 Å². The molecule has 2 aliphatic heterocycles. The first-order valence-electron chi connectivity index (χ1n) is 11.9. The Morgan fingerprint density at radius 2 is 1.35 bits per heavy atom. The molecule has 1 fully saturated rings. The van der Waals surface area contributed by atoms with Crippen LogP contribution in [-0.2, 0) is 9.59 Å². The molecule has 0 bridgehead atoms. The van der Waals surface area contributed by atoms with Gasteiger partial charge in [0.2, 0.25) is 11.8 Å². The molecule has 182 valence electrons. The van der Waals surface area contributed by atoms with Gasteiger partial charge in [-0.2, -0.15) is 0 Å². The van der Waals surface area contributed by atoms with E-state index in [-0.39, 0.29) is 23.6 Å². The second-order valence-corrected chi connectivity index (χ2v) is 9.38. The number of carbonyl (C=O) groups excluding carboxylic acids is 4. The summed E-state index contributed by atoms with van der Waals surface area (Å²) in [4.78, 5) is 53.4. The van der Waals surface area contributed by atoms with Crippen molar-refractivity contribution in [1.29, 1.82) is 0 Å². The predicted octanol–water partition coefficient (Wildman–Crippen LogP) is 4.77. The summed E-state index contributed by atoms with van der Waals surface area (Å²) in [6, 6.07) is 19.6. The van der Waals surface area contributed by atoms with Crippen molar-refractivity contribution in [3.63, 3.8) is 0 Å². The number of ether oxygens (including phenoxy) is 1. The van der Waals surface area contributed by atoms with Crippen molar-refractivity contribution < 1.29 is 23.9 Å². The molecule has 7 heteroatoms. The fourth-order valence-electron chi connectivity index (χ4n) is 4.94. The van der Waals surface area contributed by atoms with Crippen LogP contribution in [-0.4, -0.2) is 35.6 Å². The van der Waals surface area contributed by atoms with E-state index in [1.54, 1.807) is 60.7 Å². The number of aryl methyl sites for hydroxylation is 1. The minimum absolute atomic E-state index is 0.287. The van der Waals surface area contributed by atoms with Gasteiger partial charge in [0, 0.05) is 7.05 Å². The number of carbonyl (C=O) groups is 4. The van der Waals surface area contributed by atoms with Crippen molar-refractivity contribution in [2.45, 2.75) is 6.92 Å². The molecule has 6 rings (SSSR count). The van der Waals surface area contributed by atoms with E-state index in [1.807, 2.05) is 31.2 Å². The molecule has 3 aromatic carbocycles. The van der Waals surface area contributed by atoms with Crippen LogP contribution in [0.5, 0.6) is 11.5 Å². The third-order valence-electron chi connectivity index (χ3n) is 7.01. The fourth-order valence-corrected chi connectivity index (χ4v) is 4.94. The maximum Gasteiger partial charge on any atom is 0.261 e. The lowest BCUT2D eigenvalue weighted by atomic mass is 9.85. The third kappa shape index (κ3) is 3.67. The van der Waals surface area contributed by atoms with E-state index in [0.717, 1.165) is 16.0 Å². The van der Waals surface area contributed by atoms with Gasteiger partial charge in [0.05, 0.1) is 28.7 Å². The normalized spacial score (nSPS) is 20.3. The number of amides is 4. The van der Waals surface area contributed by atoms with Gasteiger partial charge in [0.25, 0.3) is 11.8 Å². The summed E-state index contributed by atoms with van der Waals surface area (Å²) in [6.45, 7) is 2.00. The molecule has 2 heterocycles. The summed E-state index contributed by atoms with van der Waals surface area (Å²) in [5.74, 6) is -1.23. The molecule has 0 radical (unpaired) electrons. The number of hydrogen-bond donors (Lipinski definition) is 0. The molecule has 3 aromatic rings. The average molecular weight is 491 g/mol. The Hall–Kier alpha value is -4.78. The van der Waals surface area contributed by atoms with Gasteiger partial charge >= 0.3 is 0 Å². The first-order chi connectivity index (χ1) is 17.8. The molecule has 37 heavy (non-hydrogen) atoms. The minimum Gasteiger partial charge on any atom is -0.457 e. The highest BCUT2D eigenvalue weighted by molar-refractivity contribution is 6.24. The summed E-state index contributed by atoms with van der Waals surface area (Å²) in [6.07, 6.45) is 5.30. The van der Waals surface area contributed by atoms with Crippen LogP contribution in [0, 0.1) is 18.8 Å². The van der Waals surface area contributed by atoms with Crippen molar-refractivity contribution in [1.82, 2.24) is 4.90 Å². The molecule has 4 amide bonds. The highest BCUT2D eigenvalue weighted by Crippen LogP contribution is 2.39. The Morgan fingerprint density at radius 3 is 2.05 bits per heavy atom. The Bertz CT molecular complexity index is 1550. The SMILES string of the molecule is Cc1ccc(Oc2ccc(N3C(=O)C4C=CC(c5ccc6c(c5)C(=O)N(C)C6=O)=CC4C3=O)cc2)cc1. The van der Waals surface area contributed by atoms with Gasteiger partial charge in [-0.3, -0.25) is 24.1 Å². The van der Waals surface area contributed by atoms with Crippen LogP contribution in [0.15, 0.2) is 85.0 Å². The van der Waals surface area contributed by atoms with Gasteiger partial charge in [-0.25, -0.2) is 4.90 Å². The van der Waals surface area contributed by atoms with Gasteiger partial charge in [-0.1, -0.05) is 42.0 Å². The van der Waals surface area contributed by atoms with Gasteiger partial charge in [-0.15, -0.1) is 0 Å². The molecule has 2 atom stereocenters. The quantitative estimate of drug-likeness (QED) is 0.492. The van der Waals surface area contributed by atoms with E-state index in [4.69, 9.17) is 4.74 Å². The maximum absolute atomic E-state index is 13.4. The number of imide groups is 2. The van der Waals surface area contributed by atoms with Crippen LogP contribution in [0.2, 0.25) is 0 Å². The number of benzene rings is 3. The lowest BCUT2D eigenvalue weighted by Crippen LogP contribution is -2.30. The van der Waals surface area contributed by atoms with Crippen LogP contribution in [0.1, 0.15) is 31.8 Å². The van der Waals surface area contributed by atoms with E-state index in [9.17, 15) is 19.2 Å². The zero-order valence-corrected chi connectivity index (χ0v) is 20.2. The predicted molar refractivity (Wildman–Crippen MR) is 137 cm³/mol. The molecule has 0 N–H and O–H groups in total. The molecular formula is C30H22N2O5. The van der Waals surface area contributed by atoms with Crippen LogP contribution >= 0.6 is 0 Å². The van der Waals surface area contributed by atoms with Crippen molar-refractivity contribution in [3.05, 3.63) is 107 Å². The van der Waals surface area contributed by atoms with E-state index in [0.29, 0.717) is 33.9 Å². The first kappa shape index (κ1) is 22.7. The summed E-state index contributed by atoms with van der Waals surface area (Å²) < 4.78 is 5.86. The second-order valence-electron chi connectivity index (χ2n) is 9.38. The Kier molecular flexibility index (Phi) is 5.15. The number of hydrogen-bond acceptors (Lipinski definition) is 5. The maximum atomic E-state index is 13.4. The molecule has 7 nitrogen and oxygen atoms in total. The van der Waals surface area contributed by atoms with Crippen LogP contribution in [0.4, 0.5) is 5.69 Å². The van der Waals surface area contributed by atoms with Crippen LogP contribution < -0.4 is 9.64 Å². The highest BCUT2D eigenvalue weighted by Gasteiger charge is 2.47. The zero-order chi connectivity index (χ0) is 25.8. The van der Waals surface area contributed by atoms with Gasteiger partial charge in [0.1, 0.15) is 11.5 Å². The zero-order valence-electron chi connectivity index (χ0n) is 20.2. The number of rotatable bonds is 4. The van der Waals surface area contributed by atoms with Gasteiger partial charge in [0.15, 0.2) is 0 Å². The molecule has 0 aromatic heterocycles. The van der Waals surface area contributed by atoms with Crippen molar-refractivity contribution in [2.24, 2.45) is 11.8 Å². The topological polar surface area (TPSA) is 84.0 Å². The number of anilines is 1. The monoisotopic (exact) mass is 490 g/mol. The van der Waals surface area contributed by atoms with Crippen LogP contribution in [0.25, 0.3) is 5.57 Å². The second kappa shape index (κ2) is 8.41. The number of fused-ring (bicyclic) bond motifs is 2. The van der Waals surface area contributed by atoms with E-state index in [1.165, 1.54) is 11.9 Å². The number of nitrogens with zero attached hydrogens (tertiary/aromatic N) is 2. The largest absolute Gasteiger partial charge is 0.457 e. The van der Waals surface area contributed by atoms with Crippen molar-refractivity contribution in [3.8, 4) is 11.5 Å². The molecule has 2 unspecified atom stereocenters. The molecule has 1 aliphatic carbocycles. The lowest BCUT2D eigenvalue weighted by Gasteiger charge is -2.15. The van der Waals surface area contributed by atoms with Crippen molar-refractivity contribution >= 4 is 34.9 Å². The molecule has 0 saturated carbocycles. The van der Waals surface area contributed by atoms with Gasteiger partial charge in [-0.05, 0) is 66.6 Å². The molecule has 1 saturated heterocycles. The summed E-state index contributed by atoms with van der Waals surface area (Å²) in [7, 11) is 1.45. The molecule has 3 aliphatic rings. The summed E-state index contributed by atoms with van der Waals surface area (Å²) in [5, 5.41) is 0. The summed E-state index contributed by atoms with van der Waals surface area (Å²) >= 11 is 0. The van der Waals surface area contributed by atoms with E-state index in [2.05, 4.69) is 0 Å². The number of allylic oxidation sites excluding steroid dienone is 2. The molecular weight excluding hydrogens is 468 g/mol. The Labute approximate surface area is 213 Å². The minimum atomic E-state index is -0.649. The Morgan fingerprint density at radius 1 is 0.730 bits per heavy atom. The van der Waals surface area contributed by atoms with Gasteiger partial charge < -0.3 is 4.74 Å². The smallest absolute Gasteiger partial charge is 0.261 e. The fraction of sp³-hybridized carbons (Fsp3) is 0.133. The lowest BCUT2D eigenvalue weighted by molar-refractivity contribution is -0.122. The Balaban J connectivity index is 1.24. The average Bonchev–Trinajstić information content (AvgIpc) is 3.29. The van der Waals surface area contributed by atoms with Crippen molar-refractivity contribution in [2.75, 3.05) is 11.9 Å². The highest BCUT2D eigenvalue weighted by atomic mass is 16.5. The first-order valence-corrected chi connectivity index (χ1v) is 11.9. The molecule has 0 spiro atoms. The van der Waals surface area contributed by atoms with E-state index < -0.39 is 11.8 Å². The third-order valence-corrected chi connectivity index (χ3v) is 7.01. The van der Waals surface area contributed by atoms with E-state index >= 15 is 0 Å².